The van der Waals surface area contributed by atoms with Crippen LogP contribution in [0.1, 0.15) is 46.0 Å². The van der Waals surface area contributed by atoms with E-state index in [1.807, 2.05) is 11.8 Å². The number of nitrogens with two attached hydrogens (primary N) is 1. The zero-order chi connectivity index (χ0) is 13.6. The molecule has 0 bridgehead atoms. The highest BCUT2D eigenvalue weighted by Gasteiger charge is 2.40. The Bertz CT molecular complexity index is 263. The van der Waals surface area contributed by atoms with Gasteiger partial charge in [-0.05, 0) is 57.0 Å². The molecule has 1 aliphatic rings. The third-order valence-electron chi connectivity index (χ3n) is 4.24. The normalized spacial score (nSPS) is 29.9. The maximum atomic E-state index is 12.4. The Morgan fingerprint density at radius 1 is 1.50 bits per heavy atom. The molecule has 0 saturated heterocycles. The lowest BCUT2D eigenvalue weighted by Gasteiger charge is -2.37. The predicted molar refractivity (Wildman–Crippen MR) is 79.7 cm³/mol. The topological polar surface area (TPSA) is 55.1 Å². The van der Waals surface area contributed by atoms with Crippen molar-refractivity contribution >= 4 is 17.7 Å². The van der Waals surface area contributed by atoms with Gasteiger partial charge in [0.05, 0.1) is 5.41 Å². The molecule has 1 saturated carbocycles. The second-order valence-electron chi connectivity index (χ2n) is 5.82. The highest BCUT2D eigenvalue weighted by atomic mass is 32.2. The highest BCUT2D eigenvalue weighted by Crippen LogP contribution is 2.38. The van der Waals surface area contributed by atoms with E-state index in [1.165, 1.54) is 0 Å². The van der Waals surface area contributed by atoms with Gasteiger partial charge in [-0.25, -0.2) is 0 Å². The Kier molecular flexibility index (Phi) is 6.50. The summed E-state index contributed by atoms with van der Waals surface area (Å²) in [7, 11) is 0. The molecule has 4 heteroatoms. The lowest BCUT2D eigenvalue weighted by atomic mass is 9.70. The summed E-state index contributed by atoms with van der Waals surface area (Å²) in [5.74, 6) is 2.02. The molecule has 3 N–H and O–H groups in total. The van der Waals surface area contributed by atoms with E-state index < -0.39 is 0 Å². The first-order valence-corrected chi connectivity index (χ1v) is 8.43. The van der Waals surface area contributed by atoms with Gasteiger partial charge in [0.25, 0.3) is 0 Å². The van der Waals surface area contributed by atoms with Crippen molar-refractivity contribution in [3.8, 4) is 0 Å². The van der Waals surface area contributed by atoms with Crippen LogP contribution < -0.4 is 11.1 Å². The minimum Gasteiger partial charge on any atom is -0.353 e. The molecular weight excluding hydrogens is 244 g/mol. The molecule has 0 aliphatic heterocycles. The van der Waals surface area contributed by atoms with Crippen LogP contribution in [0.3, 0.4) is 0 Å². The molecule has 1 rings (SSSR count). The molecule has 18 heavy (non-hydrogen) atoms. The first-order chi connectivity index (χ1) is 8.54. The predicted octanol–water partition coefficient (Wildman–Crippen LogP) is 2.40. The molecular formula is C14H28N2OS. The van der Waals surface area contributed by atoms with Crippen molar-refractivity contribution < 1.29 is 4.79 Å². The zero-order valence-electron chi connectivity index (χ0n) is 12.0. The monoisotopic (exact) mass is 272 g/mol. The SMILES string of the molecule is CSCCC(C)NC(=O)C1(CN)CCC(C)CC1. The lowest BCUT2D eigenvalue weighted by molar-refractivity contribution is -0.133. The number of carbonyl (C=O) groups is 1. The van der Waals surface area contributed by atoms with Crippen LogP contribution in [-0.4, -0.2) is 30.5 Å². The Morgan fingerprint density at radius 3 is 2.61 bits per heavy atom. The molecule has 3 nitrogen and oxygen atoms in total. The van der Waals surface area contributed by atoms with Crippen LogP contribution in [-0.2, 0) is 4.79 Å². The molecule has 0 radical (unpaired) electrons. The van der Waals surface area contributed by atoms with Crippen molar-refractivity contribution in [1.82, 2.24) is 5.32 Å². The summed E-state index contributed by atoms with van der Waals surface area (Å²) in [5.41, 5.74) is 5.60. The number of nitrogens with one attached hydrogen (secondary N) is 1. The lowest BCUT2D eigenvalue weighted by Crippen LogP contribution is -2.50. The highest BCUT2D eigenvalue weighted by molar-refractivity contribution is 7.98. The van der Waals surface area contributed by atoms with E-state index in [1.54, 1.807) is 0 Å². The Balaban J connectivity index is 2.51. The third-order valence-corrected chi connectivity index (χ3v) is 4.88. The Hall–Kier alpha value is -0.220. The van der Waals surface area contributed by atoms with Gasteiger partial charge in [-0.15, -0.1) is 0 Å². The van der Waals surface area contributed by atoms with E-state index in [0.717, 1.165) is 43.8 Å². The third kappa shape index (κ3) is 4.16. The number of hydrogen-bond acceptors (Lipinski definition) is 3. The minimum atomic E-state index is -0.292. The van der Waals surface area contributed by atoms with E-state index >= 15 is 0 Å². The van der Waals surface area contributed by atoms with Crippen LogP contribution in [0, 0.1) is 11.3 Å². The second kappa shape index (κ2) is 7.39. The molecule has 0 aromatic rings. The van der Waals surface area contributed by atoms with Gasteiger partial charge < -0.3 is 11.1 Å². The average Bonchev–Trinajstić information content (AvgIpc) is 2.37. The summed E-state index contributed by atoms with van der Waals surface area (Å²) < 4.78 is 0. The molecule has 0 aromatic carbocycles. The smallest absolute Gasteiger partial charge is 0.227 e. The van der Waals surface area contributed by atoms with Gasteiger partial charge in [0.2, 0.25) is 5.91 Å². The number of amides is 1. The molecule has 1 atom stereocenters. The van der Waals surface area contributed by atoms with Gasteiger partial charge in [-0.2, -0.15) is 11.8 Å². The van der Waals surface area contributed by atoms with Crippen molar-refractivity contribution in [1.29, 1.82) is 0 Å². The van der Waals surface area contributed by atoms with E-state index in [0.29, 0.717) is 6.54 Å². The van der Waals surface area contributed by atoms with Crippen LogP contribution in [0.4, 0.5) is 0 Å². The fourth-order valence-electron chi connectivity index (χ4n) is 2.58. The van der Waals surface area contributed by atoms with Crippen molar-refractivity contribution in [3.05, 3.63) is 0 Å². The van der Waals surface area contributed by atoms with Crippen molar-refractivity contribution in [2.75, 3.05) is 18.6 Å². The average molecular weight is 272 g/mol. The van der Waals surface area contributed by atoms with Crippen molar-refractivity contribution in [2.24, 2.45) is 17.1 Å². The standard InChI is InChI=1S/C14H28N2OS/c1-11-4-7-14(10-15,8-5-11)13(17)16-12(2)6-9-18-3/h11-12H,4-10,15H2,1-3H3,(H,16,17). The Labute approximate surface area is 116 Å². The number of thioether (sulfide) groups is 1. The first kappa shape index (κ1) is 15.8. The first-order valence-electron chi connectivity index (χ1n) is 7.04. The van der Waals surface area contributed by atoms with Crippen molar-refractivity contribution in [3.63, 3.8) is 0 Å². The van der Waals surface area contributed by atoms with Gasteiger partial charge >= 0.3 is 0 Å². The summed E-state index contributed by atoms with van der Waals surface area (Å²) in [6, 6.07) is 0.257. The summed E-state index contributed by atoms with van der Waals surface area (Å²) in [6.07, 6.45) is 7.29. The Morgan fingerprint density at radius 2 is 2.11 bits per heavy atom. The van der Waals surface area contributed by atoms with Crippen LogP contribution in [0.5, 0.6) is 0 Å². The van der Waals surface area contributed by atoms with Crippen molar-refractivity contribution in [2.45, 2.75) is 52.0 Å². The van der Waals surface area contributed by atoms with Gasteiger partial charge in [0, 0.05) is 12.6 Å². The maximum absolute atomic E-state index is 12.4. The number of carbonyl (C=O) groups excluding carboxylic acids is 1. The van der Waals surface area contributed by atoms with Crippen LogP contribution in [0.15, 0.2) is 0 Å². The quantitative estimate of drug-likeness (QED) is 0.780. The molecule has 0 heterocycles. The summed E-state index contributed by atoms with van der Waals surface area (Å²) in [4.78, 5) is 12.4. The maximum Gasteiger partial charge on any atom is 0.227 e. The molecule has 0 spiro atoms. The van der Waals surface area contributed by atoms with Gasteiger partial charge in [0.1, 0.15) is 0 Å². The summed E-state index contributed by atoms with van der Waals surface area (Å²) in [5, 5.41) is 3.16. The van der Waals surface area contributed by atoms with E-state index in [2.05, 4.69) is 25.4 Å². The van der Waals surface area contributed by atoms with Gasteiger partial charge in [-0.1, -0.05) is 6.92 Å². The second-order valence-corrected chi connectivity index (χ2v) is 6.81. The number of hydrogen-bond donors (Lipinski definition) is 2. The zero-order valence-corrected chi connectivity index (χ0v) is 12.8. The summed E-state index contributed by atoms with van der Waals surface area (Å²) >= 11 is 1.82. The molecule has 1 fully saturated rings. The van der Waals surface area contributed by atoms with E-state index in [-0.39, 0.29) is 17.4 Å². The molecule has 1 unspecified atom stereocenters. The van der Waals surface area contributed by atoms with E-state index in [4.69, 9.17) is 5.73 Å². The van der Waals surface area contributed by atoms with Gasteiger partial charge in [0.15, 0.2) is 0 Å². The largest absolute Gasteiger partial charge is 0.353 e. The molecule has 1 amide bonds. The van der Waals surface area contributed by atoms with E-state index in [9.17, 15) is 4.79 Å². The molecule has 1 aliphatic carbocycles. The van der Waals surface area contributed by atoms with Crippen LogP contribution in [0.2, 0.25) is 0 Å². The van der Waals surface area contributed by atoms with Crippen LogP contribution in [0.25, 0.3) is 0 Å². The fraction of sp³-hybridized carbons (Fsp3) is 0.929. The number of rotatable bonds is 6. The van der Waals surface area contributed by atoms with Crippen LogP contribution >= 0.6 is 11.8 Å². The summed E-state index contributed by atoms with van der Waals surface area (Å²) in [6.45, 7) is 4.84. The molecule has 0 aromatic heterocycles. The van der Waals surface area contributed by atoms with Gasteiger partial charge in [-0.3, -0.25) is 4.79 Å². The minimum absolute atomic E-state index is 0.186. The molecule has 106 valence electrons. The fourth-order valence-corrected chi connectivity index (χ4v) is 3.17.